The molecule has 0 N–H and O–H groups in total. The number of hydrogen-bond donors (Lipinski definition) is 0. The third-order valence-corrected chi connectivity index (χ3v) is 2.72. The van der Waals surface area contributed by atoms with Crippen LogP contribution in [0.25, 0.3) is 0 Å². The van der Waals surface area contributed by atoms with Crippen molar-refractivity contribution in [3.8, 4) is 0 Å². The molecular weight excluding hydrogens is 266 g/mol. The maximum absolute atomic E-state index is 11.4. The van der Waals surface area contributed by atoms with Crippen LogP contribution in [0.5, 0.6) is 0 Å². The predicted molar refractivity (Wildman–Crippen MR) is 66.9 cm³/mol. The van der Waals surface area contributed by atoms with E-state index in [0.29, 0.717) is 11.7 Å². The lowest BCUT2D eigenvalue weighted by atomic mass is 10.2. The molecular formula is C13H19NO6. The van der Waals surface area contributed by atoms with Gasteiger partial charge in [0.25, 0.3) is 11.8 Å². The zero-order valence-corrected chi connectivity index (χ0v) is 11.6. The number of hydroxylamine groups is 2. The van der Waals surface area contributed by atoms with E-state index in [1.165, 1.54) is 0 Å². The summed E-state index contributed by atoms with van der Waals surface area (Å²) in [5.74, 6) is -2.08. The molecule has 0 atom stereocenters. The van der Waals surface area contributed by atoms with Gasteiger partial charge in [-0.1, -0.05) is 13.3 Å². The van der Waals surface area contributed by atoms with Crippen molar-refractivity contribution >= 4 is 23.8 Å². The number of imide groups is 1. The molecule has 7 nitrogen and oxygen atoms in total. The van der Waals surface area contributed by atoms with Crippen LogP contribution in [-0.2, 0) is 28.8 Å². The van der Waals surface area contributed by atoms with Gasteiger partial charge in [-0.25, -0.2) is 4.79 Å². The SMILES string of the molecule is CCCCOC(=O)CCCC(=O)ON1C(=O)CCC1=O. The van der Waals surface area contributed by atoms with E-state index in [1.54, 1.807) is 0 Å². The first kappa shape index (κ1) is 16.1. The molecule has 0 saturated carbocycles. The minimum Gasteiger partial charge on any atom is -0.466 e. The Morgan fingerprint density at radius 2 is 1.65 bits per heavy atom. The van der Waals surface area contributed by atoms with Crippen molar-refractivity contribution in [2.75, 3.05) is 6.61 Å². The van der Waals surface area contributed by atoms with E-state index in [0.717, 1.165) is 12.8 Å². The highest BCUT2D eigenvalue weighted by Crippen LogP contribution is 2.13. The summed E-state index contributed by atoms with van der Waals surface area (Å²) < 4.78 is 4.92. The lowest BCUT2D eigenvalue weighted by Gasteiger charge is -2.12. The normalized spacial score (nSPS) is 14.6. The average molecular weight is 285 g/mol. The molecule has 1 aliphatic rings. The van der Waals surface area contributed by atoms with Gasteiger partial charge in [-0.3, -0.25) is 14.4 Å². The highest BCUT2D eigenvalue weighted by Gasteiger charge is 2.32. The Kier molecular flexibility index (Phi) is 6.69. The van der Waals surface area contributed by atoms with Crippen LogP contribution < -0.4 is 0 Å². The number of rotatable bonds is 8. The van der Waals surface area contributed by atoms with Crippen LogP contribution >= 0.6 is 0 Å². The van der Waals surface area contributed by atoms with Gasteiger partial charge >= 0.3 is 11.9 Å². The Bertz CT molecular complexity index is 376. The molecule has 0 aliphatic carbocycles. The van der Waals surface area contributed by atoms with Crippen molar-refractivity contribution < 1.29 is 28.8 Å². The van der Waals surface area contributed by atoms with Crippen molar-refractivity contribution in [3.63, 3.8) is 0 Å². The van der Waals surface area contributed by atoms with Crippen molar-refractivity contribution in [3.05, 3.63) is 0 Å². The van der Waals surface area contributed by atoms with Gasteiger partial charge in [-0.05, 0) is 12.8 Å². The Morgan fingerprint density at radius 1 is 1.05 bits per heavy atom. The highest BCUT2D eigenvalue weighted by atomic mass is 16.7. The summed E-state index contributed by atoms with van der Waals surface area (Å²) in [6.45, 7) is 2.38. The van der Waals surface area contributed by atoms with Gasteiger partial charge in [-0.15, -0.1) is 5.06 Å². The van der Waals surface area contributed by atoms with Gasteiger partial charge in [0.1, 0.15) is 0 Å². The highest BCUT2D eigenvalue weighted by molar-refractivity contribution is 6.01. The predicted octanol–water partition coefficient (Wildman–Crippen LogP) is 1.11. The average Bonchev–Trinajstić information content (AvgIpc) is 2.71. The second-order valence-electron chi connectivity index (χ2n) is 4.47. The van der Waals surface area contributed by atoms with E-state index < -0.39 is 17.8 Å². The summed E-state index contributed by atoms with van der Waals surface area (Å²) in [6.07, 6.45) is 2.22. The van der Waals surface area contributed by atoms with Gasteiger partial charge in [0.05, 0.1) is 6.61 Å². The summed E-state index contributed by atoms with van der Waals surface area (Å²) in [4.78, 5) is 49.7. The fourth-order valence-electron chi connectivity index (χ4n) is 1.58. The molecule has 0 radical (unpaired) electrons. The van der Waals surface area contributed by atoms with E-state index in [1.807, 2.05) is 6.92 Å². The number of nitrogens with zero attached hydrogens (tertiary/aromatic N) is 1. The molecule has 1 saturated heterocycles. The van der Waals surface area contributed by atoms with Crippen LogP contribution in [0, 0.1) is 0 Å². The van der Waals surface area contributed by atoms with Gasteiger partial charge in [0, 0.05) is 25.7 Å². The maximum Gasteiger partial charge on any atom is 0.333 e. The van der Waals surface area contributed by atoms with Crippen molar-refractivity contribution in [1.29, 1.82) is 0 Å². The Balaban J connectivity index is 2.15. The number of carbonyl (C=O) groups excluding carboxylic acids is 4. The number of ether oxygens (including phenoxy) is 1. The molecule has 1 fully saturated rings. The largest absolute Gasteiger partial charge is 0.466 e. The van der Waals surface area contributed by atoms with Gasteiger partial charge in [0.15, 0.2) is 0 Å². The third-order valence-electron chi connectivity index (χ3n) is 2.72. The van der Waals surface area contributed by atoms with Crippen molar-refractivity contribution in [2.45, 2.75) is 51.9 Å². The minimum absolute atomic E-state index is 0.0417. The quantitative estimate of drug-likeness (QED) is 0.377. The molecule has 0 aromatic heterocycles. The number of amides is 2. The summed E-state index contributed by atoms with van der Waals surface area (Å²) in [6, 6.07) is 0. The standard InChI is InChI=1S/C13H19NO6/c1-2-3-9-19-12(17)5-4-6-13(18)20-14-10(15)7-8-11(14)16/h2-9H2,1H3. The van der Waals surface area contributed by atoms with Crippen LogP contribution in [0.2, 0.25) is 0 Å². The van der Waals surface area contributed by atoms with E-state index in [9.17, 15) is 19.2 Å². The summed E-state index contributed by atoms with van der Waals surface area (Å²) in [5, 5.41) is 0.502. The zero-order chi connectivity index (χ0) is 15.0. The Morgan fingerprint density at radius 3 is 2.25 bits per heavy atom. The summed E-state index contributed by atoms with van der Waals surface area (Å²) in [5.41, 5.74) is 0. The van der Waals surface area contributed by atoms with Crippen molar-refractivity contribution in [2.24, 2.45) is 0 Å². The number of esters is 1. The smallest absolute Gasteiger partial charge is 0.333 e. The van der Waals surface area contributed by atoms with Gasteiger partial charge in [-0.2, -0.15) is 0 Å². The molecule has 0 spiro atoms. The molecule has 0 bridgehead atoms. The van der Waals surface area contributed by atoms with Crippen molar-refractivity contribution in [1.82, 2.24) is 5.06 Å². The lowest BCUT2D eigenvalue weighted by molar-refractivity contribution is -0.197. The topological polar surface area (TPSA) is 90.0 Å². The fraction of sp³-hybridized carbons (Fsp3) is 0.692. The first-order valence-corrected chi connectivity index (χ1v) is 6.76. The monoisotopic (exact) mass is 285 g/mol. The molecule has 0 unspecified atom stereocenters. The second-order valence-corrected chi connectivity index (χ2v) is 4.47. The Labute approximate surface area is 117 Å². The number of hydrogen-bond acceptors (Lipinski definition) is 6. The molecule has 1 heterocycles. The summed E-state index contributed by atoms with van der Waals surface area (Å²) >= 11 is 0. The molecule has 0 aromatic rings. The molecule has 2 amide bonds. The lowest BCUT2D eigenvalue weighted by Crippen LogP contribution is -2.32. The fourth-order valence-corrected chi connectivity index (χ4v) is 1.58. The molecule has 1 aliphatic heterocycles. The van der Waals surface area contributed by atoms with Gasteiger partial charge < -0.3 is 9.57 Å². The first-order chi connectivity index (χ1) is 9.54. The molecule has 0 aromatic carbocycles. The van der Waals surface area contributed by atoms with E-state index >= 15 is 0 Å². The van der Waals surface area contributed by atoms with Crippen LogP contribution in [0.15, 0.2) is 0 Å². The molecule has 7 heteroatoms. The summed E-state index contributed by atoms with van der Waals surface area (Å²) in [7, 11) is 0. The molecule has 20 heavy (non-hydrogen) atoms. The number of carbonyl (C=O) groups is 4. The molecule has 112 valence electrons. The van der Waals surface area contributed by atoms with E-state index in [-0.39, 0.29) is 38.1 Å². The van der Waals surface area contributed by atoms with Crippen LogP contribution in [0.4, 0.5) is 0 Å². The molecule has 1 rings (SSSR count). The Hall–Kier alpha value is -1.92. The van der Waals surface area contributed by atoms with Crippen LogP contribution in [-0.4, -0.2) is 35.4 Å². The van der Waals surface area contributed by atoms with Gasteiger partial charge in [0.2, 0.25) is 0 Å². The maximum atomic E-state index is 11.4. The third kappa shape index (κ3) is 5.38. The minimum atomic E-state index is -0.699. The van der Waals surface area contributed by atoms with Crippen LogP contribution in [0.3, 0.4) is 0 Å². The second kappa shape index (κ2) is 8.29. The van der Waals surface area contributed by atoms with E-state index in [4.69, 9.17) is 4.74 Å². The first-order valence-electron chi connectivity index (χ1n) is 6.76. The number of unbranched alkanes of at least 4 members (excludes halogenated alkanes) is 1. The van der Waals surface area contributed by atoms with Crippen LogP contribution in [0.1, 0.15) is 51.9 Å². The zero-order valence-electron chi connectivity index (χ0n) is 11.6. The van der Waals surface area contributed by atoms with E-state index in [2.05, 4.69) is 4.84 Å².